The van der Waals surface area contributed by atoms with Crippen LogP contribution in [-0.4, -0.2) is 19.0 Å². The fourth-order valence-corrected chi connectivity index (χ4v) is 1.39. The maximum absolute atomic E-state index is 11.5. The number of amides is 1. The van der Waals surface area contributed by atoms with Crippen molar-refractivity contribution in [3.63, 3.8) is 0 Å². The van der Waals surface area contributed by atoms with Crippen molar-refractivity contribution in [1.82, 2.24) is 5.32 Å². The molecule has 1 aliphatic rings. The van der Waals surface area contributed by atoms with Crippen molar-refractivity contribution < 1.29 is 9.21 Å². The average Bonchev–Trinajstić information content (AvgIpc) is 2.78. The first-order chi connectivity index (χ1) is 6.76. The predicted octanol–water partition coefficient (Wildman–Crippen LogP) is 0.748. The molecule has 0 aliphatic heterocycles. The van der Waals surface area contributed by atoms with E-state index in [2.05, 4.69) is 5.32 Å². The van der Waals surface area contributed by atoms with Crippen LogP contribution in [0.25, 0.3) is 0 Å². The van der Waals surface area contributed by atoms with E-state index in [0.717, 1.165) is 12.8 Å². The summed E-state index contributed by atoms with van der Waals surface area (Å²) in [6, 6.07) is 3.35. The zero-order valence-electron chi connectivity index (χ0n) is 7.95. The highest BCUT2D eigenvalue weighted by molar-refractivity contribution is 5.91. The van der Waals surface area contributed by atoms with Crippen LogP contribution in [0, 0.1) is 5.41 Å². The molecule has 1 aromatic rings. The molecule has 3 N–H and O–H groups in total. The molecule has 4 heteroatoms. The van der Waals surface area contributed by atoms with Gasteiger partial charge >= 0.3 is 0 Å². The van der Waals surface area contributed by atoms with Crippen LogP contribution in [0.2, 0.25) is 0 Å². The number of carbonyl (C=O) groups is 1. The van der Waals surface area contributed by atoms with Crippen molar-refractivity contribution in [2.45, 2.75) is 12.8 Å². The first-order valence-corrected chi connectivity index (χ1v) is 4.78. The molecule has 14 heavy (non-hydrogen) atoms. The first-order valence-electron chi connectivity index (χ1n) is 4.78. The molecule has 0 saturated heterocycles. The van der Waals surface area contributed by atoms with Crippen molar-refractivity contribution in [2.24, 2.45) is 11.1 Å². The molecular formula is C10H14N2O2. The van der Waals surface area contributed by atoms with Crippen LogP contribution in [0.15, 0.2) is 22.8 Å². The van der Waals surface area contributed by atoms with Gasteiger partial charge in [-0.3, -0.25) is 4.79 Å². The third-order valence-electron chi connectivity index (χ3n) is 2.76. The molecule has 2 rings (SSSR count). The second-order valence-electron chi connectivity index (χ2n) is 3.86. The Kier molecular flexibility index (Phi) is 2.29. The lowest BCUT2D eigenvalue weighted by Crippen LogP contribution is -2.33. The van der Waals surface area contributed by atoms with Gasteiger partial charge in [-0.2, -0.15) is 0 Å². The fourth-order valence-electron chi connectivity index (χ4n) is 1.39. The number of furan rings is 1. The van der Waals surface area contributed by atoms with Crippen molar-refractivity contribution >= 4 is 5.91 Å². The summed E-state index contributed by atoms with van der Waals surface area (Å²) in [5.74, 6) is 0.201. The summed E-state index contributed by atoms with van der Waals surface area (Å²) in [6.45, 7) is 1.30. The maximum atomic E-state index is 11.5. The largest absolute Gasteiger partial charge is 0.459 e. The minimum atomic E-state index is -0.158. The van der Waals surface area contributed by atoms with Crippen molar-refractivity contribution in [3.8, 4) is 0 Å². The smallest absolute Gasteiger partial charge is 0.286 e. The number of carbonyl (C=O) groups excluding carboxylic acids is 1. The molecule has 0 unspecified atom stereocenters. The Balaban J connectivity index is 1.84. The summed E-state index contributed by atoms with van der Waals surface area (Å²) in [6.07, 6.45) is 3.72. The monoisotopic (exact) mass is 194 g/mol. The van der Waals surface area contributed by atoms with E-state index < -0.39 is 0 Å². The van der Waals surface area contributed by atoms with Crippen LogP contribution in [-0.2, 0) is 0 Å². The van der Waals surface area contributed by atoms with E-state index in [9.17, 15) is 4.79 Å². The molecule has 76 valence electrons. The molecule has 1 fully saturated rings. The van der Waals surface area contributed by atoms with Gasteiger partial charge in [-0.15, -0.1) is 0 Å². The third kappa shape index (κ3) is 1.80. The van der Waals surface area contributed by atoms with Gasteiger partial charge in [0.2, 0.25) is 0 Å². The molecular weight excluding hydrogens is 180 g/mol. The minimum Gasteiger partial charge on any atom is -0.459 e. The van der Waals surface area contributed by atoms with Gasteiger partial charge in [0, 0.05) is 12.0 Å². The highest BCUT2D eigenvalue weighted by atomic mass is 16.3. The molecule has 4 nitrogen and oxygen atoms in total. The SMILES string of the molecule is NCC1(CNC(=O)c2ccco2)CC1. The maximum Gasteiger partial charge on any atom is 0.286 e. The zero-order chi connectivity index (χ0) is 10.0. The Hall–Kier alpha value is -1.29. The van der Waals surface area contributed by atoms with Gasteiger partial charge in [-0.05, 0) is 31.5 Å². The van der Waals surface area contributed by atoms with Gasteiger partial charge in [-0.25, -0.2) is 0 Å². The fraction of sp³-hybridized carbons (Fsp3) is 0.500. The summed E-state index contributed by atoms with van der Waals surface area (Å²) >= 11 is 0. The Morgan fingerprint density at radius 1 is 1.64 bits per heavy atom. The van der Waals surface area contributed by atoms with Crippen molar-refractivity contribution in [1.29, 1.82) is 0 Å². The molecule has 1 saturated carbocycles. The number of nitrogens with one attached hydrogen (secondary N) is 1. The quantitative estimate of drug-likeness (QED) is 0.743. The predicted molar refractivity (Wildman–Crippen MR) is 51.8 cm³/mol. The van der Waals surface area contributed by atoms with Crippen LogP contribution < -0.4 is 11.1 Å². The molecule has 1 aliphatic carbocycles. The molecule has 1 amide bonds. The van der Waals surface area contributed by atoms with E-state index >= 15 is 0 Å². The van der Waals surface area contributed by atoms with Gasteiger partial charge < -0.3 is 15.5 Å². The lowest BCUT2D eigenvalue weighted by atomic mass is 10.1. The highest BCUT2D eigenvalue weighted by Crippen LogP contribution is 2.43. The van der Waals surface area contributed by atoms with Crippen LogP contribution in [0.5, 0.6) is 0 Å². The molecule has 0 aromatic carbocycles. The van der Waals surface area contributed by atoms with Gasteiger partial charge in [0.1, 0.15) is 0 Å². The molecule has 0 atom stereocenters. The van der Waals surface area contributed by atoms with Gasteiger partial charge in [0.15, 0.2) is 5.76 Å². The van der Waals surface area contributed by atoms with Crippen LogP contribution in [0.1, 0.15) is 23.4 Å². The molecule has 1 heterocycles. The third-order valence-corrected chi connectivity index (χ3v) is 2.76. The normalized spacial score (nSPS) is 17.8. The zero-order valence-corrected chi connectivity index (χ0v) is 7.95. The molecule has 0 bridgehead atoms. The summed E-state index contributed by atoms with van der Waals surface area (Å²) in [5.41, 5.74) is 5.77. The van der Waals surface area contributed by atoms with E-state index in [1.807, 2.05) is 0 Å². The van der Waals surface area contributed by atoms with Crippen molar-refractivity contribution in [2.75, 3.05) is 13.1 Å². The molecule has 1 aromatic heterocycles. The van der Waals surface area contributed by atoms with Crippen molar-refractivity contribution in [3.05, 3.63) is 24.2 Å². The second kappa shape index (κ2) is 3.46. The summed E-state index contributed by atoms with van der Waals surface area (Å²) in [5, 5.41) is 2.83. The summed E-state index contributed by atoms with van der Waals surface area (Å²) in [4.78, 5) is 11.5. The van der Waals surface area contributed by atoms with E-state index in [-0.39, 0.29) is 11.3 Å². The topological polar surface area (TPSA) is 68.3 Å². The number of nitrogens with two attached hydrogens (primary N) is 1. The average molecular weight is 194 g/mol. The lowest BCUT2D eigenvalue weighted by molar-refractivity contribution is 0.0917. The van der Waals surface area contributed by atoms with Gasteiger partial charge in [0.25, 0.3) is 5.91 Å². The standard InChI is InChI=1S/C10H14N2O2/c11-6-10(3-4-10)7-12-9(13)8-2-1-5-14-8/h1-2,5H,3-4,6-7,11H2,(H,12,13). The highest BCUT2D eigenvalue weighted by Gasteiger charge is 2.41. The minimum absolute atomic E-state index is 0.158. The second-order valence-corrected chi connectivity index (χ2v) is 3.86. The Morgan fingerprint density at radius 3 is 2.93 bits per heavy atom. The number of hydrogen-bond donors (Lipinski definition) is 2. The van der Waals surface area contributed by atoms with E-state index in [1.54, 1.807) is 12.1 Å². The Labute approximate surface area is 82.5 Å². The summed E-state index contributed by atoms with van der Waals surface area (Å²) < 4.78 is 4.97. The Morgan fingerprint density at radius 2 is 2.43 bits per heavy atom. The van der Waals surface area contributed by atoms with E-state index in [1.165, 1.54) is 6.26 Å². The Bertz CT molecular complexity index is 315. The first kappa shape index (κ1) is 9.27. The van der Waals surface area contributed by atoms with Crippen LogP contribution >= 0.6 is 0 Å². The van der Waals surface area contributed by atoms with E-state index in [4.69, 9.17) is 10.2 Å². The summed E-state index contributed by atoms with van der Waals surface area (Å²) in [7, 11) is 0. The van der Waals surface area contributed by atoms with Gasteiger partial charge in [0.05, 0.1) is 6.26 Å². The molecule has 0 radical (unpaired) electrons. The van der Waals surface area contributed by atoms with E-state index in [0.29, 0.717) is 18.8 Å². The van der Waals surface area contributed by atoms with Gasteiger partial charge in [-0.1, -0.05) is 0 Å². The molecule has 0 spiro atoms. The van der Waals surface area contributed by atoms with Crippen LogP contribution in [0.4, 0.5) is 0 Å². The lowest BCUT2D eigenvalue weighted by Gasteiger charge is -2.11. The number of rotatable bonds is 4. The van der Waals surface area contributed by atoms with Crippen LogP contribution in [0.3, 0.4) is 0 Å². The number of hydrogen-bond acceptors (Lipinski definition) is 3.